The number of hydrogen-bond acceptors (Lipinski definition) is 3. The van der Waals surface area contributed by atoms with Gasteiger partial charge in [-0.3, -0.25) is 9.78 Å². The topological polar surface area (TPSA) is 45.2 Å². The molecule has 0 saturated carbocycles. The Kier molecular flexibility index (Phi) is 4.09. The van der Waals surface area contributed by atoms with E-state index in [1.165, 1.54) is 12.8 Å². The lowest BCUT2D eigenvalue weighted by Gasteiger charge is -2.21. The molecule has 1 amide bonds. The zero-order chi connectivity index (χ0) is 12.1. The normalized spacial score (nSPS) is 19.2. The first kappa shape index (κ1) is 12.0. The van der Waals surface area contributed by atoms with E-state index in [4.69, 9.17) is 0 Å². The Morgan fingerprint density at radius 3 is 3.18 bits per heavy atom. The zero-order valence-corrected chi connectivity index (χ0v) is 10.2. The number of hydrogen-bond donors (Lipinski definition) is 1. The molecule has 1 aliphatic rings. The standard InChI is InChI=1S/C13H19N3O/c1-16(10-12-5-3-7-15-12)13(17)8-11-4-2-6-14-9-11/h2,4,6,9,12,15H,3,5,7-8,10H2,1H3. The molecule has 1 saturated heterocycles. The average molecular weight is 233 g/mol. The van der Waals surface area contributed by atoms with Gasteiger partial charge < -0.3 is 10.2 Å². The van der Waals surface area contributed by atoms with Crippen LogP contribution in [0.25, 0.3) is 0 Å². The summed E-state index contributed by atoms with van der Waals surface area (Å²) in [6.45, 7) is 1.88. The second-order valence-corrected chi connectivity index (χ2v) is 4.61. The third kappa shape index (κ3) is 3.53. The highest BCUT2D eigenvalue weighted by atomic mass is 16.2. The van der Waals surface area contributed by atoms with Crippen molar-refractivity contribution in [1.29, 1.82) is 0 Å². The highest BCUT2D eigenvalue weighted by molar-refractivity contribution is 5.78. The Balaban J connectivity index is 1.82. The molecule has 0 spiro atoms. The summed E-state index contributed by atoms with van der Waals surface area (Å²) in [5.74, 6) is 0.159. The SMILES string of the molecule is CN(CC1CCCN1)C(=O)Cc1cccnc1. The first-order valence-corrected chi connectivity index (χ1v) is 6.12. The van der Waals surface area contributed by atoms with E-state index in [9.17, 15) is 4.79 Å². The quantitative estimate of drug-likeness (QED) is 0.838. The molecule has 2 rings (SSSR count). The maximum absolute atomic E-state index is 12.0. The van der Waals surface area contributed by atoms with Crippen molar-refractivity contribution in [3.05, 3.63) is 30.1 Å². The molecular formula is C13H19N3O. The fraction of sp³-hybridized carbons (Fsp3) is 0.538. The van der Waals surface area contributed by atoms with Gasteiger partial charge in [0.2, 0.25) is 5.91 Å². The van der Waals surface area contributed by atoms with E-state index in [2.05, 4.69) is 10.3 Å². The number of rotatable bonds is 4. The molecule has 4 heteroatoms. The van der Waals surface area contributed by atoms with Crippen LogP contribution in [-0.4, -0.2) is 42.0 Å². The molecule has 1 unspecified atom stereocenters. The van der Waals surface area contributed by atoms with Crippen molar-refractivity contribution in [3.63, 3.8) is 0 Å². The van der Waals surface area contributed by atoms with Crippen LogP contribution in [0, 0.1) is 0 Å². The highest BCUT2D eigenvalue weighted by Crippen LogP contribution is 2.07. The molecule has 1 fully saturated rings. The van der Waals surface area contributed by atoms with E-state index in [-0.39, 0.29) is 5.91 Å². The number of carbonyl (C=O) groups excluding carboxylic acids is 1. The Labute approximate surface area is 102 Å². The van der Waals surface area contributed by atoms with Gasteiger partial charge in [-0.2, -0.15) is 0 Å². The van der Waals surface area contributed by atoms with Crippen LogP contribution in [0.2, 0.25) is 0 Å². The van der Waals surface area contributed by atoms with Crippen molar-refractivity contribution in [2.45, 2.75) is 25.3 Å². The van der Waals surface area contributed by atoms with E-state index in [0.29, 0.717) is 12.5 Å². The maximum atomic E-state index is 12.0. The fourth-order valence-corrected chi connectivity index (χ4v) is 2.16. The lowest BCUT2D eigenvalue weighted by Crippen LogP contribution is -2.39. The lowest BCUT2D eigenvalue weighted by atomic mass is 10.1. The van der Waals surface area contributed by atoms with Crippen LogP contribution < -0.4 is 5.32 Å². The smallest absolute Gasteiger partial charge is 0.226 e. The van der Waals surface area contributed by atoms with Crippen molar-refractivity contribution in [3.8, 4) is 0 Å². The van der Waals surface area contributed by atoms with Gasteiger partial charge in [0.25, 0.3) is 0 Å². The summed E-state index contributed by atoms with van der Waals surface area (Å²) in [6, 6.07) is 4.27. The molecule has 4 nitrogen and oxygen atoms in total. The molecule has 17 heavy (non-hydrogen) atoms. The van der Waals surface area contributed by atoms with Crippen LogP contribution in [0.5, 0.6) is 0 Å². The summed E-state index contributed by atoms with van der Waals surface area (Å²) in [5.41, 5.74) is 0.976. The largest absolute Gasteiger partial charge is 0.344 e. The predicted octanol–water partition coefficient (Wildman–Crippen LogP) is 0.834. The first-order chi connectivity index (χ1) is 8.25. The van der Waals surface area contributed by atoms with Crippen molar-refractivity contribution in [1.82, 2.24) is 15.2 Å². The summed E-state index contributed by atoms with van der Waals surface area (Å²) >= 11 is 0. The van der Waals surface area contributed by atoms with Crippen LogP contribution in [0.3, 0.4) is 0 Å². The van der Waals surface area contributed by atoms with Gasteiger partial charge >= 0.3 is 0 Å². The molecule has 1 N–H and O–H groups in total. The van der Waals surface area contributed by atoms with Gasteiger partial charge in [-0.15, -0.1) is 0 Å². The van der Waals surface area contributed by atoms with Crippen LogP contribution in [0.4, 0.5) is 0 Å². The maximum Gasteiger partial charge on any atom is 0.226 e. The summed E-state index contributed by atoms with van der Waals surface area (Å²) < 4.78 is 0. The lowest BCUT2D eigenvalue weighted by molar-refractivity contribution is -0.129. The monoisotopic (exact) mass is 233 g/mol. The number of pyridine rings is 1. The Bertz CT molecular complexity index is 360. The Hall–Kier alpha value is -1.42. The van der Waals surface area contributed by atoms with Gasteiger partial charge in [-0.05, 0) is 31.0 Å². The molecule has 2 heterocycles. The third-order valence-corrected chi connectivity index (χ3v) is 3.16. The fourth-order valence-electron chi connectivity index (χ4n) is 2.16. The van der Waals surface area contributed by atoms with Crippen molar-refractivity contribution < 1.29 is 4.79 Å². The van der Waals surface area contributed by atoms with E-state index < -0.39 is 0 Å². The van der Waals surface area contributed by atoms with Gasteiger partial charge in [0.1, 0.15) is 0 Å². The van der Waals surface area contributed by atoms with E-state index in [1.54, 1.807) is 12.4 Å². The molecule has 0 radical (unpaired) electrons. The Morgan fingerprint density at radius 1 is 1.65 bits per heavy atom. The summed E-state index contributed by atoms with van der Waals surface area (Å²) in [4.78, 5) is 17.8. The molecule has 1 aromatic heterocycles. The average Bonchev–Trinajstić information content (AvgIpc) is 2.83. The second kappa shape index (κ2) is 5.77. The molecule has 0 bridgehead atoms. The van der Waals surface area contributed by atoms with Gasteiger partial charge in [0.15, 0.2) is 0 Å². The van der Waals surface area contributed by atoms with Gasteiger partial charge in [-0.1, -0.05) is 6.07 Å². The van der Waals surface area contributed by atoms with Crippen LogP contribution in [-0.2, 0) is 11.2 Å². The predicted molar refractivity (Wildman–Crippen MR) is 66.6 cm³/mol. The van der Waals surface area contributed by atoms with Crippen molar-refractivity contribution in [2.24, 2.45) is 0 Å². The number of carbonyl (C=O) groups is 1. The Morgan fingerprint density at radius 2 is 2.53 bits per heavy atom. The van der Waals surface area contributed by atoms with E-state index in [0.717, 1.165) is 18.7 Å². The minimum Gasteiger partial charge on any atom is -0.344 e. The minimum atomic E-state index is 0.159. The molecule has 1 aromatic rings. The van der Waals surface area contributed by atoms with Gasteiger partial charge in [-0.25, -0.2) is 0 Å². The number of nitrogens with zero attached hydrogens (tertiary/aromatic N) is 2. The van der Waals surface area contributed by atoms with E-state index >= 15 is 0 Å². The van der Waals surface area contributed by atoms with Gasteiger partial charge in [0.05, 0.1) is 6.42 Å². The number of aromatic nitrogens is 1. The summed E-state index contributed by atoms with van der Waals surface area (Å²) in [7, 11) is 1.87. The molecule has 0 aromatic carbocycles. The van der Waals surface area contributed by atoms with Crippen LogP contribution in [0.1, 0.15) is 18.4 Å². The van der Waals surface area contributed by atoms with Gasteiger partial charge in [0, 0.05) is 32.0 Å². The third-order valence-electron chi connectivity index (χ3n) is 3.16. The molecule has 0 aliphatic carbocycles. The first-order valence-electron chi connectivity index (χ1n) is 6.12. The number of likely N-dealkylation sites (N-methyl/N-ethyl adjacent to an activating group) is 1. The van der Waals surface area contributed by atoms with Crippen molar-refractivity contribution >= 4 is 5.91 Å². The number of nitrogens with one attached hydrogen (secondary N) is 1. The van der Waals surface area contributed by atoms with Crippen LogP contribution in [0.15, 0.2) is 24.5 Å². The molecular weight excluding hydrogens is 214 g/mol. The molecule has 1 aliphatic heterocycles. The highest BCUT2D eigenvalue weighted by Gasteiger charge is 2.18. The molecule has 1 atom stereocenters. The second-order valence-electron chi connectivity index (χ2n) is 4.61. The summed E-state index contributed by atoms with van der Waals surface area (Å²) in [6.07, 6.45) is 6.30. The van der Waals surface area contributed by atoms with Crippen molar-refractivity contribution in [2.75, 3.05) is 20.1 Å². The van der Waals surface area contributed by atoms with E-state index in [1.807, 2.05) is 24.1 Å². The van der Waals surface area contributed by atoms with Crippen LogP contribution >= 0.6 is 0 Å². The molecule has 92 valence electrons. The minimum absolute atomic E-state index is 0.159. The summed E-state index contributed by atoms with van der Waals surface area (Å²) in [5, 5.41) is 3.40. The number of amides is 1. The zero-order valence-electron chi connectivity index (χ0n) is 10.2.